The van der Waals surface area contributed by atoms with E-state index in [2.05, 4.69) is 29.5 Å². The fourth-order valence-corrected chi connectivity index (χ4v) is 2.06. The summed E-state index contributed by atoms with van der Waals surface area (Å²) >= 11 is 0. The van der Waals surface area contributed by atoms with Crippen LogP contribution in [0.2, 0.25) is 0 Å². The van der Waals surface area contributed by atoms with Crippen molar-refractivity contribution in [2.24, 2.45) is 0 Å². The van der Waals surface area contributed by atoms with Crippen LogP contribution in [0.4, 0.5) is 0 Å². The van der Waals surface area contributed by atoms with Crippen LogP contribution < -0.4 is 10.1 Å². The number of methoxy groups -OCH3 is 1. The highest BCUT2D eigenvalue weighted by Gasteiger charge is 2.05. The van der Waals surface area contributed by atoms with E-state index >= 15 is 0 Å². The molecule has 108 valence electrons. The molecule has 0 fully saturated rings. The molecule has 2 rings (SSSR count). The van der Waals surface area contributed by atoms with Gasteiger partial charge in [0.1, 0.15) is 11.5 Å². The molecule has 20 heavy (non-hydrogen) atoms. The molecule has 0 aliphatic rings. The Morgan fingerprint density at radius 1 is 1.30 bits per heavy atom. The van der Waals surface area contributed by atoms with E-state index in [1.165, 1.54) is 5.56 Å². The quantitative estimate of drug-likeness (QED) is 0.842. The lowest BCUT2D eigenvalue weighted by atomic mass is 10.1. The van der Waals surface area contributed by atoms with Gasteiger partial charge in [-0.1, -0.05) is 17.3 Å². The van der Waals surface area contributed by atoms with Gasteiger partial charge in [0.2, 0.25) is 0 Å². The molecular formula is C16H22N2O2. The van der Waals surface area contributed by atoms with Crippen LogP contribution in [0.5, 0.6) is 5.75 Å². The molecular weight excluding hydrogens is 252 g/mol. The molecule has 1 unspecified atom stereocenters. The molecule has 1 aromatic carbocycles. The Bertz CT molecular complexity index is 520. The van der Waals surface area contributed by atoms with Gasteiger partial charge in [0, 0.05) is 18.7 Å². The van der Waals surface area contributed by atoms with Crippen LogP contribution in [-0.4, -0.2) is 18.3 Å². The van der Waals surface area contributed by atoms with E-state index in [1.54, 1.807) is 7.11 Å². The Balaban J connectivity index is 1.72. The molecule has 4 heteroatoms. The van der Waals surface area contributed by atoms with Gasteiger partial charge in [-0.2, -0.15) is 0 Å². The summed E-state index contributed by atoms with van der Waals surface area (Å²) in [6.45, 7) is 4.85. The fourth-order valence-electron chi connectivity index (χ4n) is 2.06. The first kappa shape index (κ1) is 14.6. The SMILES string of the molecule is COc1ccc(CCC(C)NCc2cc(C)on2)cc1. The third-order valence-electron chi connectivity index (χ3n) is 3.33. The molecule has 1 atom stereocenters. The molecule has 1 N–H and O–H groups in total. The Morgan fingerprint density at radius 2 is 2.05 bits per heavy atom. The highest BCUT2D eigenvalue weighted by Crippen LogP contribution is 2.13. The molecule has 0 saturated heterocycles. The Hall–Kier alpha value is -1.81. The number of nitrogens with zero attached hydrogens (tertiary/aromatic N) is 1. The van der Waals surface area contributed by atoms with Crippen molar-refractivity contribution in [2.45, 2.75) is 39.3 Å². The Kier molecular flexibility index (Phi) is 5.18. The topological polar surface area (TPSA) is 47.3 Å². The van der Waals surface area contributed by atoms with Gasteiger partial charge in [-0.05, 0) is 44.4 Å². The largest absolute Gasteiger partial charge is 0.497 e. The summed E-state index contributed by atoms with van der Waals surface area (Å²) in [5.41, 5.74) is 2.29. The summed E-state index contributed by atoms with van der Waals surface area (Å²) in [4.78, 5) is 0. The Labute approximate surface area is 120 Å². The van der Waals surface area contributed by atoms with Gasteiger partial charge in [-0.3, -0.25) is 0 Å². The van der Waals surface area contributed by atoms with Crippen LogP contribution in [0, 0.1) is 6.92 Å². The number of ether oxygens (including phenoxy) is 1. The second-order valence-electron chi connectivity index (χ2n) is 5.10. The van der Waals surface area contributed by atoms with Crippen LogP contribution >= 0.6 is 0 Å². The summed E-state index contributed by atoms with van der Waals surface area (Å²) in [6.07, 6.45) is 2.14. The summed E-state index contributed by atoms with van der Waals surface area (Å²) in [5.74, 6) is 1.76. The molecule has 0 bridgehead atoms. The lowest BCUT2D eigenvalue weighted by molar-refractivity contribution is 0.385. The summed E-state index contributed by atoms with van der Waals surface area (Å²) < 4.78 is 10.2. The predicted octanol–water partition coefficient (Wildman–Crippen LogP) is 3.10. The average Bonchev–Trinajstić information content (AvgIpc) is 2.89. The van der Waals surface area contributed by atoms with Gasteiger partial charge in [0.05, 0.1) is 12.8 Å². The van der Waals surface area contributed by atoms with Crippen molar-refractivity contribution in [1.29, 1.82) is 0 Å². The number of rotatable bonds is 7. The van der Waals surface area contributed by atoms with Crippen LogP contribution in [0.25, 0.3) is 0 Å². The minimum absolute atomic E-state index is 0.439. The van der Waals surface area contributed by atoms with Gasteiger partial charge in [-0.25, -0.2) is 0 Å². The highest BCUT2D eigenvalue weighted by atomic mass is 16.5. The van der Waals surface area contributed by atoms with E-state index in [4.69, 9.17) is 9.26 Å². The first-order chi connectivity index (χ1) is 9.67. The normalized spacial score (nSPS) is 12.3. The minimum atomic E-state index is 0.439. The van der Waals surface area contributed by atoms with E-state index in [0.29, 0.717) is 6.04 Å². The molecule has 4 nitrogen and oxygen atoms in total. The average molecular weight is 274 g/mol. The van der Waals surface area contributed by atoms with E-state index in [0.717, 1.165) is 36.6 Å². The smallest absolute Gasteiger partial charge is 0.133 e. The first-order valence-electron chi connectivity index (χ1n) is 6.96. The fraction of sp³-hybridized carbons (Fsp3) is 0.438. The van der Waals surface area contributed by atoms with Crippen molar-refractivity contribution in [2.75, 3.05) is 7.11 Å². The maximum atomic E-state index is 5.16. The van der Waals surface area contributed by atoms with Crippen molar-refractivity contribution in [1.82, 2.24) is 10.5 Å². The van der Waals surface area contributed by atoms with Gasteiger partial charge in [0.15, 0.2) is 0 Å². The van der Waals surface area contributed by atoms with Crippen molar-refractivity contribution in [3.63, 3.8) is 0 Å². The van der Waals surface area contributed by atoms with Crippen LogP contribution in [0.1, 0.15) is 30.4 Å². The van der Waals surface area contributed by atoms with Crippen molar-refractivity contribution >= 4 is 0 Å². The Morgan fingerprint density at radius 3 is 2.65 bits per heavy atom. The van der Waals surface area contributed by atoms with Gasteiger partial charge in [0.25, 0.3) is 0 Å². The summed E-state index contributed by atoms with van der Waals surface area (Å²) in [7, 11) is 1.69. The second kappa shape index (κ2) is 7.10. The molecule has 0 aliphatic heterocycles. The van der Waals surface area contributed by atoms with Crippen LogP contribution in [0.15, 0.2) is 34.9 Å². The lowest BCUT2D eigenvalue weighted by Crippen LogP contribution is -2.26. The first-order valence-corrected chi connectivity index (χ1v) is 6.96. The van der Waals surface area contributed by atoms with Crippen LogP contribution in [-0.2, 0) is 13.0 Å². The standard InChI is InChI=1S/C16H22N2O2/c1-12(17-11-15-10-13(2)20-18-15)4-5-14-6-8-16(19-3)9-7-14/h6-10,12,17H,4-5,11H2,1-3H3. The maximum absolute atomic E-state index is 5.16. The molecule has 1 heterocycles. The molecule has 0 amide bonds. The van der Waals surface area contributed by atoms with Gasteiger partial charge >= 0.3 is 0 Å². The van der Waals surface area contributed by atoms with E-state index in [9.17, 15) is 0 Å². The number of nitrogens with one attached hydrogen (secondary N) is 1. The van der Waals surface area contributed by atoms with E-state index < -0.39 is 0 Å². The number of hydrogen-bond acceptors (Lipinski definition) is 4. The molecule has 1 aromatic heterocycles. The monoisotopic (exact) mass is 274 g/mol. The van der Waals surface area contributed by atoms with Crippen molar-refractivity contribution in [3.05, 3.63) is 47.3 Å². The van der Waals surface area contributed by atoms with Gasteiger partial charge in [-0.15, -0.1) is 0 Å². The maximum Gasteiger partial charge on any atom is 0.133 e. The molecule has 0 radical (unpaired) electrons. The molecule has 0 saturated carbocycles. The van der Waals surface area contributed by atoms with E-state index in [1.807, 2.05) is 25.1 Å². The minimum Gasteiger partial charge on any atom is -0.497 e. The summed E-state index contributed by atoms with van der Waals surface area (Å²) in [5, 5.41) is 7.43. The third-order valence-corrected chi connectivity index (χ3v) is 3.33. The lowest BCUT2D eigenvalue weighted by Gasteiger charge is -2.12. The number of aromatic nitrogens is 1. The third kappa shape index (κ3) is 4.38. The van der Waals surface area contributed by atoms with Crippen molar-refractivity contribution in [3.8, 4) is 5.75 Å². The zero-order valence-electron chi connectivity index (χ0n) is 12.3. The van der Waals surface area contributed by atoms with E-state index in [-0.39, 0.29) is 0 Å². The highest BCUT2D eigenvalue weighted by molar-refractivity contribution is 5.27. The molecule has 2 aromatic rings. The number of hydrogen-bond donors (Lipinski definition) is 1. The number of benzene rings is 1. The van der Waals surface area contributed by atoms with Crippen LogP contribution in [0.3, 0.4) is 0 Å². The van der Waals surface area contributed by atoms with Gasteiger partial charge < -0.3 is 14.6 Å². The number of aryl methyl sites for hydroxylation is 2. The van der Waals surface area contributed by atoms with Crippen molar-refractivity contribution < 1.29 is 9.26 Å². The molecule has 0 spiro atoms. The molecule has 0 aliphatic carbocycles. The summed E-state index contributed by atoms with van der Waals surface area (Å²) in [6, 6.07) is 10.6. The zero-order valence-corrected chi connectivity index (χ0v) is 12.3. The zero-order chi connectivity index (χ0) is 14.4. The second-order valence-corrected chi connectivity index (χ2v) is 5.10. The predicted molar refractivity (Wildman–Crippen MR) is 78.9 cm³/mol.